The summed E-state index contributed by atoms with van der Waals surface area (Å²) < 4.78 is 4.74. The summed E-state index contributed by atoms with van der Waals surface area (Å²) in [6, 6.07) is 3.42. The smallest absolute Gasteiger partial charge is 0.230 e. The fourth-order valence-electron chi connectivity index (χ4n) is 1.44. The summed E-state index contributed by atoms with van der Waals surface area (Å²) in [6.45, 7) is 1.85. The van der Waals surface area contributed by atoms with E-state index < -0.39 is 0 Å². The maximum atomic E-state index is 9.82. The van der Waals surface area contributed by atoms with Crippen LogP contribution in [0.15, 0.2) is 22.9 Å². The first-order valence-corrected chi connectivity index (χ1v) is 4.67. The van der Waals surface area contributed by atoms with E-state index in [4.69, 9.17) is 21.9 Å². The lowest BCUT2D eigenvalue weighted by atomic mass is 10.0. The maximum absolute atomic E-state index is 9.82. The van der Waals surface area contributed by atoms with E-state index in [1.54, 1.807) is 12.1 Å². The summed E-state index contributed by atoms with van der Waals surface area (Å²) >= 11 is 5.81. The van der Waals surface area contributed by atoms with Gasteiger partial charge in [0.15, 0.2) is 0 Å². The number of nitrogens with zero attached hydrogens (tertiary/aromatic N) is 1. The molecule has 0 spiro atoms. The number of rotatable bonds is 1. The Balaban J connectivity index is 2.72. The van der Waals surface area contributed by atoms with E-state index in [1.807, 2.05) is 6.92 Å². The SMILES string of the molecule is Cc1ccc(Cl)c(O)c1-c1cnoc1N. The number of aromatic nitrogens is 1. The van der Waals surface area contributed by atoms with E-state index >= 15 is 0 Å². The molecule has 0 fully saturated rings. The van der Waals surface area contributed by atoms with Crippen LogP contribution in [-0.2, 0) is 0 Å². The molecule has 0 aliphatic heterocycles. The molecule has 0 bridgehead atoms. The second kappa shape index (κ2) is 3.47. The fourth-order valence-corrected chi connectivity index (χ4v) is 1.60. The normalized spacial score (nSPS) is 10.5. The lowest BCUT2D eigenvalue weighted by molar-refractivity contribution is 0.436. The summed E-state index contributed by atoms with van der Waals surface area (Å²) in [4.78, 5) is 0. The molecule has 15 heavy (non-hydrogen) atoms. The third-order valence-electron chi connectivity index (χ3n) is 2.20. The van der Waals surface area contributed by atoms with Crippen molar-refractivity contribution in [2.75, 3.05) is 5.73 Å². The first kappa shape index (κ1) is 9.86. The Kier molecular flexibility index (Phi) is 2.28. The highest BCUT2D eigenvalue weighted by Crippen LogP contribution is 2.39. The number of phenolic OH excluding ortho intramolecular Hbond substituents is 1. The minimum atomic E-state index is -0.00781. The van der Waals surface area contributed by atoms with Gasteiger partial charge in [-0.1, -0.05) is 22.8 Å². The van der Waals surface area contributed by atoms with Gasteiger partial charge in [0.2, 0.25) is 5.88 Å². The molecule has 1 aromatic heterocycles. The monoisotopic (exact) mass is 224 g/mol. The van der Waals surface area contributed by atoms with E-state index in [0.717, 1.165) is 5.56 Å². The average Bonchev–Trinajstić information content (AvgIpc) is 2.60. The van der Waals surface area contributed by atoms with Gasteiger partial charge in [-0.3, -0.25) is 0 Å². The molecule has 0 saturated heterocycles. The van der Waals surface area contributed by atoms with Crippen LogP contribution >= 0.6 is 11.6 Å². The molecule has 0 atom stereocenters. The van der Waals surface area contributed by atoms with Gasteiger partial charge in [0.1, 0.15) is 5.75 Å². The van der Waals surface area contributed by atoms with Crippen LogP contribution in [0.1, 0.15) is 5.56 Å². The number of halogens is 1. The Hall–Kier alpha value is -1.68. The van der Waals surface area contributed by atoms with Crippen molar-refractivity contribution in [1.29, 1.82) is 0 Å². The third kappa shape index (κ3) is 1.53. The third-order valence-corrected chi connectivity index (χ3v) is 2.51. The molecule has 2 aromatic rings. The Labute approximate surface area is 91.3 Å². The molecule has 1 aromatic carbocycles. The van der Waals surface area contributed by atoms with Crippen molar-refractivity contribution in [3.05, 3.63) is 28.9 Å². The highest BCUT2D eigenvalue weighted by Gasteiger charge is 2.16. The molecule has 5 heteroatoms. The van der Waals surface area contributed by atoms with Gasteiger partial charge in [-0.05, 0) is 18.6 Å². The van der Waals surface area contributed by atoms with Crippen molar-refractivity contribution in [1.82, 2.24) is 5.16 Å². The Morgan fingerprint density at radius 3 is 2.80 bits per heavy atom. The van der Waals surface area contributed by atoms with Crippen LogP contribution in [-0.4, -0.2) is 10.3 Å². The summed E-state index contributed by atoms with van der Waals surface area (Å²) in [5.41, 5.74) is 7.54. The van der Waals surface area contributed by atoms with Crippen molar-refractivity contribution < 1.29 is 9.63 Å². The molecule has 78 valence electrons. The van der Waals surface area contributed by atoms with Gasteiger partial charge in [0.05, 0.1) is 16.8 Å². The lowest BCUT2D eigenvalue weighted by Gasteiger charge is -2.07. The van der Waals surface area contributed by atoms with Gasteiger partial charge < -0.3 is 15.4 Å². The molecule has 0 radical (unpaired) electrons. The van der Waals surface area contributed by atoms with Gasteiger partial charge in [0.25, 0.3) is 0 Å². The number of benzene rings is 1. The lowest BCUT2D eigenvalue weighted by Crippen LogP contribution is -1.88. The number of aromatic hydroxyl groups is 1. The van der Waals surface area contributed by atoms with Crippen molar-refractivity contribution in [3.63, 3.8) is 0 Å². The largest absolute Gasteiger partial charge is 0.506 e. The van der Waals surface area contributed by atoms with Crippen LogP contribution in [0.3, 0.4) is 0 Å². The van der Waals surface area contributed by atoms with E-state index in [2.05, 4.69) is 5.16 Å². The number of hydrogen-bond donors (Lipinski definition) is 2. The van der Waals surface area contributed by atoms with Crippen LogP contribution in [0.25, 0.3) is 11.1 Å². The molecule has 3 N–H and O–H groups in total. The quantitative estimate of drug-likeness (QED) is 0.781. The predicted octanol–water partition coefficient (Wildman–Crippen LogP) is 2.59. The van der Waals surface area contributed by atoms with Gasteiger partial charge in [0, 0.05) is 5.56 Å². The average molecular weight is 225 g/mol. The zero-order valence-electron chi connectivity index (χ0n) is 7.99. The number of phenols is 1. The molecule has 2 rings (SSSR count). The van der Waals surface area contributed by atoms with Crippen LogP contribution in [0.4, 0.5) is 5.88 Å². The first-order valence-electron chi connectivity index (χ1n) is 4.30. The van der Waals surface area contributed by atoms with Crippen molar-refractivity contribution in [2.24, 2.45) is 0 Å². The van der Waals surface area contributed by atoms with Crippen LogP contribution < -0.4 is 5.73 Å². The van der Waals surface area contributed by atoms with Gasteiger partial charge in [-0.2, -0.15) is 0 Å². The Bertz CT molecular complexity index is 508. The molecule has 1 heterocycles. The summed E-state index contributed by atoms with van der Waals surface area (Å²) in [5.74, 6) is 0.155. The number of aryl methyl sites for hydroxylation is 1. The Morgan fingerprint density at radius 1 is 1.47 bits per heavy atom. The van der Waals surface area contributed by atoms with Crippen LogP contribution in [0, 0.1) is 6.92 Å². The highest BCUT2D eigenvalue weighted by molar-refractivity contribution is 6.32. The van der Waals surface area contributed by atoms with Crippen molar-refractivity contribution >= 4 is 17.5 Å². The van der Waals surface area contributed by atoms with Gasteiger partial charge in [-0.25, -0.2) is 0 Å². The first-order chi connectivity index (χ1) is 7.11. The standard InChI is InChI=1S/C10H9ClN2O2/c1-5-2-3-7(11)9(14)8(5)6-4-13-15-10(6)12/h2-4,14H,12H2,1H3. The van der Waals surface area contributed by atoms with E-state index in [9.17, 15) is 5.11 Å². The summed E-state index contributed by atoms with van der Waals surface area (Å²) in [7, 11) is 0. The second-order valence-electron chi connectivity index (χ2n) is 3.19. The Morgan fingerprint density at radius 2 is 2.20 bits per heavy atom. The van der Waals surface area contributed by atoms with E-state index in [1.165, 1.54) is 6.20 Å². The number of anilines is 1. The van der Waals surface area contributed by atoms with Crippen LogP contribution in [0.5, 0.6) is 5.75 Å². The maximum Gasteiger partial charge on any atom is 0.230 e. The molecular formula is C10H9ClN2O2. The zero-order chi connectivity index (χ0) is 11.0. The second-order valence-corrected chi connectivity index (χ2v) is 3.60. The summed E-state index contributed by atoms with van der Waals surface area (Å²) in [5, 5.41) is 13.6. The predicted molar refractivity (Wildman–Crippen MR) is 57.8 cm³/mol. The molecule has 0 aliphatic carbocycles. The van der Waals surface area contributed by atoms with Crippen molar-refractivity contribution in [2.45, 2.75) is 6.92 Å². The van der Waals surface area contributed by atoms with Gasteiger partial charge >= 0.3 is 0 Å². The molecule has 0 amide bonds. The highest BCUT2D eigenvalue weighted by atomic mass is 35.5. The molecule has 0 saturated carbocycles. The van der Waals surface area contributed by atoms with Crippen molar-refractivity contribution in [3.8, 4) is 16.9 Å². The fraction of sp³-hybridized carbons (Fsp3) is 0.100. The van der Waals surface area contributed by atoms with Gasteiger partial charge in [-0.15, -0.1) is 0 Å². The molecular weight excluding hydrogens is 216 g/mol. The minimum absolute atomic E-state index is 0.00781. The van der Waals surface area contributed by atoms with E-state index in [-0.39, 0.29) is 16.7 Å². The molecule has 0 unspecified atom stereocenters. The zero-order valence-corrected chi connectivity index (χ0v) is 8.75. The van der Waals surface area contributed by atoms with E-state index in [0.29, 0.717) is 11.1 Å². The molecule has 4 nitrogen and oxygen atoms in total. The number of nitrogens with two attached hydrogens (primary N) is 1. The van der Waals surface area contributed by atoms with Crippen LogP contribution in [0.2, 0.25) is 5.02 Å². The number of nitrogen functional groups attached to an aromatic ring is 1. The topological polar surface area (TPSA) is 72.3 Å². The summed E-state index contributed by atoms with van der Waals surface area (Å²) in [6.07, 6.45) is 1.45. The number of hydrogen-bond acceptors (Lipinski definition) is 4. The minimum Gasteiger partial charge on any atom is -0.506 e. The molecule has 0 aliphatic rings.